The first-order valence-corrected chi connectivity index (χ1v) is 10.9. The van der Waals surface area contributed by atoms with Gasteiger partial charge in [-0.1, -0.05) is 6.07 Å². The Labute approximate surface area is 158 Å². The summed E-state index contributed by atoms with van der Waals surface area (Å²) in [5, 5.41) is 0. The van der Waals surface area contributed by atoms with Crippen molar-refractivity contribution >= 4 is 21.2 Å². The van der Waals surface area contributed by atoms with Gasteiger partial charge in [-0.2, -0.15) is 4.31 Å². The average molecular weight is 382 g/mol. The number of sulfonamides is 1. The van der Waals surface area contributed by atoms with E-state index in [0.717, 1.165) is 42.7 Å². The largest absolute Gasteiger partial charge is 0.316 e. The van der Waals surface area contributed by atoms with Crippen LogP contribution in [0.5, 0.6) is 0 Å². The van der Waals surface area contributed by atoms with Crippen molar-refractivity contribution in [3.63, 3.8) is 0 Å². The van der Waals surface area contributed by atoms with Gasteiger partial charge in [-0.15, -0.1) is 0 Å². The molecular formula is C20H22N4O2S. The Bertz CT molecular complexity index is 1140. The highest BCUT2D eigenvalue weighted by Gasteiger charge is 2.35. The number of fused-ring (bicyclic) bond motifs is 2. The smallest absolute Gasteiger partial charge is 0.243 e. The molecule has 0 radical (unpaired) electrons. The molecule has 0 spiro atoms. The lowest BCUT2D eigenvalue weighted by Gasteiger charge is -2.17. The molecule has 1 aliphatic heterocycles. The molecule has 1 unspecified atom stereocenters. The Kier molecular flexibility index (Phi) is 3.84. The Morgan fingerprint density at radius 3 is 2.85 bits per heavy atom. The third kappa shape index (κ3) is 2.68. The predicted octanol–water partition coefficient (Wildman–Crippen LogP) is 2.64. The van der Waals surface area contributed by atoms with Gasteiger partial charge < -0.3 is 4.57 Å². The highest BCUT2D eigenvalue weighted by atomic mass is 32.2. The number of imidazole rings is 1. The van der Waals surface area contributed by atoms with E-state index in [-0.39, 0.29) is 5.92 Å². The van der Waals surface area contributed by atoms with Gasteiger partial charge in [0.2, 0.25) is 10.0 Å². The lowest BCUT2D eigenvalue weighted by atomic mass is 10.1. The second-order valence-corrected chi connectivity index (χ2v) is 9.45. The van der Waals surface area contributed by atoms with Gasteiger partial charge in [0.25, 0.3) is 0 Å². The molecule has 7 heteroatoms. The van der Waals surface area contributed by atoms with Crippen LogP contribution < -0.4 is 0 Å². The molecule has 6 nitrogen and oxygen atoms in total. The van der Waals surface area contributed by atoms with Crippen molar-refractivity contribution < 1.29 is 8.42 Å². The Morgan fingerprint density at radius 1 is 1.15 bits per heavy atom. The zero-order chi connectivity index (χ0) is 18.6. The number of hydrogen-bond acceptors (Lipinski definition) is 4. The maximum atomic E-state index is 13.2. The molecule has 1 aromatic carbocycles. The molecule has 1 saturated heterocycles. The molecule has 27 heavy (non-hydrogen) atoms. The van der Waals surface area contributed by atoms with Crippen molar-refractivity contribution in [2.75, 3.05) is 13.1 Å². The van der Waals surface area contributed by atoms with Crippen molar-refractivity contribution in [3.8, 4) is 0 Å². The lowest BCUT2D eigenvalue weighted by molar-refractivity contribution is 0.470. The van der Waals surface area contributed by atoms with Crippen LogP contribution in [0.3, 0.4) is 0 Å². The van der Waals surface area contributed by atoms with Crippen molar-refractivity contribution in [2.45, 2.75) is 36.5 Å². The monoisotopic (exact) mass is 382 g/mol. The van der Waals surface area contributed by atoms with Gasteiger partial charge in [0.1, 0.15) is 11.3 Å². The summed E-state index contributed by atoms with van der Waals surface area (Å²) in [5.74, 6) is 1.00. The minimum Gasteiger partial charge on any atom is -0.316 e. The van der Waals surface area contributed by atoms with Gasteiger partial charge in [-0.3, -0.25) is 0 Å². The number of aryl methyl sites for hydroxylation is 3. The third-order valence-corrected chi connectivity index (χ3v) is 7.75. The van der Waals surface area contributed by atoms with E-state index in [0.29, 0.717) is 18.0 Å². The predicted molar refractivity (Wildman–Crippen MR) is 103 cm³/mol. The molecular weight excluding hydrogens is 360 g/mol. The molecule has 1 aliphatic carbocycles. The van der Waals surface area contributed by atoms with Gasteiger partial charge in [0, 0.05) is 32.3 Å². The first-order chi connectivity index (χ1) is 13.0. The summed E-state index contributed by atoms with van der Waals surface area (Å²) in [6.07, 6.45) is 5.69. The summed E-state index contributed by atoms with van der Waals surface area (Å²) in [4.78, 5) is 9.53. The topological polar surface area (TPSA) is 68.1 Å². The number of hydrogen-bond donors (Lipinski definition) is 0. The molecule has 1 atom stereocenters. The molecule has 140 valence electrons. The number of benzene rings is 1. The van der Waals surface area contributed by atoms with Gasteiger partial charge in [0.05, 0.1) is 4.90 Å². The first kappa shape index (κ1) is 16.9. The first-order valence-electron chi connectivity index (χ1n) is 9.43. The summed E-state index contributed by atoms with van der Waals surface area (Å²) >= 11 is 0. The fourth-order valence-corrected chi connectivity index (χ4v) is 5.97. The Hall–Kier alpha value is -2.25. The summed E-state index contributed by atoms with van der Waals surface area (Å²) in [6, 6.07) is 9.45. The number of nitrogens with zero attached hydrogens (tertiary/aromatic N) is 4. The second-order valence-electron chi connectivity index (χ2n) is 7.51. The van der Waals surface area contributed by atoms with E-state index in [1.54, 1.807) is 16.6 Å². The van der Waals surface area contributed by atoms with Crippen LogP contribution in [0.4, 0.5) is 0 Å². The molecule has 5 rings (SSSR count). The molecule has 3 heterocycles. The summed E-state index contributed by atoms with van der Waals surface area (Å²) in [5.41, 5.74) is 4.18. The van der Waals surface area contributed by atoms with Crippen LogP contribution >= 0.6 is 0 Å². The maximum absolute atomic E-state index is 13.2. The van der Waals surface area contributed by atoms with E-state index < -0.39 is 10.0 Å². The average Bonchev–Trinajstić information content (AvgIpc) is 3.40. The number of aromatic nitrogens is 3. The van der Waals surface area contributed by atoms with Crippen LogP contribution in [0.2, 0.25) is 0 Å². The molecule has 0 bridgehead atoms. The van der Waals surface area contributed by atoms with Crippen LogP contribution in [0, 0.1) is 0 Å². The highest BCUT2D eigenvalue weighted by molar-refractivity contribution is 7.89. The van der Waals surface area contributed by atoms with Crippen molar-refractivity contribution in [1.29, 1.82) is 0 Å². The molecule has 2 aromatic heterocycles. The van der Waals surface area contributed by atoms with E-state index in [1.807, 2.05) is 35.9 Å². The SMILES string of the molecule is Cn1c(C2CCN(S(=O)(=O)c3ccc4c(c3)CCC4)C2)nc2cccnc21. The molecule has 3 aromatic rings. The van der Waals surface area contributed by atoms with E-state index >= 15 is 0 Å². The third-order valence-electron chi connectivity index (χ3n) is 5.89. The van der Waals surface area contributed by atoms with Crippen molar-refractivity contribution in [3.05, 3.63) is 53.5 Å². The summed E-state index contributed by atoms with van der Waals surface area (Å²) in [7, 11) is -1.51. The van der Waals surface area contributed by atoms with Gasteiger partial charge in [0.15, 0.2) is 5.65 Å². The Balaban J connectivity index is 1.43. The van der Waals surface area contributed by atoms with Crippen molar-refractivity contribution in [1.82, 2.24) is 18.8 Å². The van der Waals surface area contributed by atoms with Gasteiger partial charge in [-0.25, -0.2) is 18.4 Å². The fourth-order valence-electron chi connectivity index (χ4n) is 4.42. The number of rotatable bonds is 3. The van der Waals surface area contributed by atoms with Crippen LogP contribution in [0.15, 0.2) is 41.4 Å². The van der Waals surface area contributed by atoms with Crippen molar-refractivity contribution in [2.24, 2.45) is 7.05 Å². The molecule has 0 N–H and O–H groups in total. The molecule has 0 saturated carbocycles. The minimum atomic E-state index is -3.46. The van der Waals surface area contributed by atoms with Crippen LogP contribution in [-0.2, 0) is 29.9 Å². The highest BCUT2D eigenvalue weighted by Crippen LogP contribution is 2.33. The normalized spacial score (nSPS) is 20.4. The lowest BCUT2D eigenvalue weighted by Crippen LogP contribution is -2.29. The van der Waals surface area contributed by atoms with E-state index in [2.05, 4.69) is 4.98 Å². The zero-order valence-corrected chi connectivity index (χ0v) is 16.1. The quantitative estimate of drug-likeness (QED) is 0.698. The second kappa shape index (κ2) is 6.14. The van der Waals surface area contributed by atoms with E-state index in [4.69, 9.17) is 4.98 Å². The van der Waals surface area contributed by atoms with E-state index in [9.17, 15) is 8.42 Å². The summed E-state index contributed by atoms with van der Waals surface area (Å²) in [6.45, 7) is 0.997. The van der Waals surface area contributed by atoms with Gasteiger partial charge in [-0.05, 0) is 61.1 Å². The van der Waals surface area contributed by atoms with Gasteiger partial charge >= 0.3 is 0 Å². The molecule has 0 amide bonds. The summed E-state index contributed by atoms with van der Waals surface area (Å²) < 4.78 is 29.9. The van der Waals surface area contributed by atoms with E-state index in [1.165, 1.54) is 11.1 Å². The zero-order valence-electron chi connectivity index (χ0n) is 15.3. The molecule has 2 aliphatic rings. The van der Waals surface area contributed by atoms with Crippen LogP contribution in [0.25, 0.3) is 11.2 Å². The molecule has 1 fully saturated rings. The maximum Gasteiger partial charge on any atom is 0.243 e. The fraction of sp³-hybridized carbons (Fsp3) is 0.400. The van der Waals surface area contributed by atoms with Crippen LogP contribution in [-0.4, -0.2) is 40.3 Å². The number of pyridine rings is 1. The Morgan fingerprint density at radius 2 is 2.00 bits per heavy atom. The minimum absolute atomic E-state index is 0.0911. The van der Waals surface area contributed by atoms with Crippen LogP contribution in [0.1, 0.15) is 35.7 Å². The standard InChI is InChI=1S/C20H22N4O2S/c1-23-19(22-18-6-3-10-21-20(18)23)16-9-11-24(13-16)27(25,26)17-8-7-14-4-2-5-15(14)12-17/h3,6-8,10,12,16H,2,4-5,9,11,13H2,1H3.